The zero-order valence-electron chi connectivity index (χ0n) is 11.8. The summed E-state index contributed by atoms with van der Waals surface area (Å²) in [7, 11) is 1.62. The van der Waals surface area contributed by atoms with E-state index in [1.54, 1.807) is 13.2 Å². The highest BCUT2D eigenvalue weighted by atomic mass is 35.5. The van der Waals surface area contributed by atoms with Crippen LogP contribution in [0, 0.1) is 0 Å². The summed E-state index contributed by atoms with van der Waals surface area (Å²) in [5, 5.41) is 4.98. The van der Waals surface area contributed by atoms with E-state index in [0.717, 1.165) is 22.4 Å². The molecule has 1 aliphatic carbocycles. The van der Waals surface area contributed by atoms with Gasteiger partial charge in [-0.25, -0.2) is 0 Å². The molecule has 2 aromatic carbocycles. The third-order valence-electron chi connectivity index (χ3n) is 4.02. The first-order valence-corrected chi connectivity index (χ1v) is 7.56. The highest BCUT2D eigenvalue weighted by molar-refractivity contribution is 6.42. The summed E-state index contributed by atoms with van der Waals surface area (Å²) >= 11 is 12.1. The molecule has 0 aliphatic heterocycles. The molecule has 0 heterocycles. The first kappa shape index (κ1) is 15.0. The molecular weight excluding hydrogens is 321 g/mol. The van der Waals surface area contributed by atoms with Gasteiger partial charge in [0, 0.05) is 10.8 Å². The number of hydrogen-bond donors (Lipinski definition) is 0. The van der Waals surface area contributed by atoms with Crippen molar-refractivity contribution >= 4 is 23.2 Å². The largest absolute Gasteiger partial charge is 0.497 e. The smallest absolute Gasteiger partial charge is 0.119 e. The first-order chi connectivity index (χ1) is 10.6. The molecule has 2 aromatic rings. The van der Waals surface area contributed by atoms with Crippen molar-refractivity contribution in [3.8, 4) is 5.75 Å². The van der Waals surface area contributed by atoms with Gasteiger partial charge in [-0.05, 0) is 52.9 Å². The Morgan fingerprint density at radius 3 is 2.64 bits per heavy atom. The molecule has 0 fully saturated rings. The minimum atomic E-state index is -0.199. The zero-order valence-corrected chi connectivity index (χ0v) is 13.3. The molecular formula is C16H13Cl2N3O. The van der Waals surface area contributed by atoms with Gasteiger partial charge < -0.3 is 4.74 Å². The van der Waals surface area contributed by atoms with Crippen LogP contribution in [0.25, 0.3) is 10.4 Å². The topological polar surface area (TPSA) is 58.0 Å². The minimum Gasteiger partial charge on any atom is -0.497 e. The molecule has 0 saturated heterocycles. The second kappa shape index (κ2) is 6.09. The zero-order chi connectivity index (χ0) is 15.7. The molecule has 1 aliphatic rings. The van der Waals surface area contributed by atoms with Crippen LogP contribution in [-0.2, 0) is 0 Å². The Morgan fingerprint density at radius 2 is 1.95 bits per heavy atom. The van der Waals surface area contributed by atoms with Crippen LogP contribution in [0.2, 0.25) is 10.0 Å². The van der Waals surface area contributed by atoms with Crippen LogP contribution < -0.4 is 4.74 Å². The number of fused-ring (bicyclic) bond motifs is 1. The van der Waals surface area contributed by atoms with E-state index in [0.29, 0.717) is 16.5 Å². The summed E-state index contributed by atoms with van der Waals surface area (Å²) in [5.41, 5.74) is 12.0. The third kappa shape index (κ3) is 2.61. The van der Waals surface area contributed by atoms with Crippen LogP contribution in [-0.4, -0.2) is 7.11 Å². The van der Waals surface area contributed by atoms with Crippen molar-refractivity contribution in [2.45, 2.75) is 18.4 Å². The van der Waals surface area contributed by atoms with Gasteiger partial charge in [0.05, 0.1) is 23.2 Å². The van der Waals surface area contributed by atoms with Crippen molar-refractivity contribution in [2.75, 3.05) is 7.11 Å². The first-order valence-electron chi connectivity index (χ1n) is 6.81. The van der Waals surface area contributed by atoms with Gasteiger partial charge in [-0.1, -0.05) is 40.4 Å². The van der Waals surface area contributed by atoms with Gasteiger partial charge in [0.2, 0.25) is 0 Å². The van der Waals surface area contributed by atoms with Crippen molar-refractivity contribution < 1.29 is 4.74 Å². The van der Waals surface area contributed by atoms with Crippen LogP contribution in [0.5, 0.6) is 5.75 Å². The van der Waals surface area contributed by atoms with Crippen LogP contribution in [0.4, 0.5) is 0 Å². The number of rotatable bonds is 3. The van der Waals surface area contributed by atoms with E-state index < -0.39 is 0 Å². The molecule has 0 radical (unpaired) electrons. The van der Waals surface area contributed by atoms with E-state index in [4.69, 9.17) is 33.5 Å². The molecule has 0 N–H and O–H groups in total. The molecule has 0 unspecified atom stereocenters. The summed E-state index contributed by atoms with van der Waals surface area (Å²) in [6.45, 7) is 0. The fraction of sp³-hybridized carbons (Fsp3) is 0.250. The predicted molar refractivity (Wildman–Crippen MR) is 87.8 cm³/mol. The second-order valence-corrected chi connectivity index (χ2v) is 5.99. The van der Waals surface area contributed by atoms with Gasteiger partial charge in [-0.3, -0.25) is 0 Å². The van der Waals surface area contributed by atoms with Crippen LogP contribution in [0.3, 0.4) is 0 Å². The highest BCUT2D eigenvalue weighted by Crippen LogP contribution is 2.47. The Balaban J connectivity index is 2.08. The lowest BCUT2D eigenvalue weighted by Gasteiger charge is -2.13. The molecule has 22 heavy (non-hydrogen) atoms. The van der Waals surface area contributed by atoms with E-state index in [1.165, 1.54) is 0 Å². The van der Waals surface area contributed by atoms with E-state index in [9.17, 15) is 0 Å². The molecule has 3 rings (SSSR count). The molecule has 2 atom stereocenters. The highest BCUT2D eigenvalue weighted by Gasteiger charge is 2.32. The lowest BCUT2D eigenvalue weighted by atomic mass is 9.93. The van der Waals surface area contributed by atoms with Gasteiger partial charge in [0.1, 0.15) is 5.75 Å². The standard InChI is InChI=1S/C16H13Cl2N3O/c1-22-10-3-4-11-12(8-16(20-21-19)13(11)7-10)9-2-5-14(17)15(18)6-9/h2-7,12,16H,8H2,1H3/t12-,16+/m0/s1. The normalized spacial score (nSPS) is 19.4. The average molecular weight is 334 g/mol. The molecule has 0 aromatic heterocycles. The number of halogens is 2. The maximum absolute atomic E-state index is 8.80. The van der Waals surface area contributed by atoms with Crippen molar-refractivity contribution in [2.24, 2.45) is 5.11 Å². The summed E-state index contributed by atoms with van der Waals surface area (Å²) < 4.78 is 5.27. The van der Waals surface area contributed by atoms with E-state index in [1.807, 2.05) is 30.3 Å². The Hall–Kier alpha value is -1.87. The number of azide groups is 1. The maximum atomic E-state index is 8.80. The van der Waals surface area contributed by atoms with Gasteiger partial charge in [-0.2, -0.15) is 0 Å². The number of methoxy groups -OCH3 is 1. The van der Waals surface area contributed by atoms with Crippen molar-refractivity contribution in [1.82, 2.24) is 0 Å². The van der Waals surface area contributed by atoms with Crippen molar-refractivity contribution in [3.63, 3.8) is 0 Å². The fourth-order valence-corrected chi connectivity index (χ4v) is 3.29. The number of nitrogens with zero attached hydrogens (tertiary/aromatic N) is 3. The van der Waals surface area contributed by atoms with Gasteiger partial charge >= 0.3 is 0 Å². The van der Waals surface area contributed by atoms with E-state index in [-0.39, 0.29) is 12.0 Å². The number of benzene rings is 2. The van der Waals surface area contributed by atoms with Gasteiger partial charge in [-0.15, -0.1) is 0 Å². The van der Waals surface area contributed by atoms with Crippen LogP contribution >= 0.6 is 23.2 Å². The Labute approximate surface area is 138 Å². The number of hydrogen-bond acceptors (Lipinski definition) is 2. The summed E-state index contributed by atoms with van der Waals surface area (Å²) in [6.07, 6.45) is 0.713. The maximum Gasteiger partial charge on any atom is 0.119 e. The Bertz CT molecular complexity index is 772. The van der Waals surface area contributed by atoms with Crippen LogP contribution in [0.15, 0.2) is 41.5 Å². The molecule has 0 bridgehead atoms. The molecule has 4 nitrogen and oxygen atoms in total. The van der Waals surface area contributed by atoms with Crippen molar-refractivity contribution in [1.29, 1.82) is 0 Å². The Kier molecular flexibility index (Phi) is 4.16. The summed E-state index contributed by atoms with van der Waals surface area (Å²) in [5.74, 6) is 0.887. The van der Waals surface area contributed by atoms with Gasteiger partial charge in [0.25, 0.3) is 0 Å². The van der Waals surface area contributed by atoms with Crippen LogP contribution in [0.1, 0.15) is 35.1 Å². The summed E-state index contributed by atoms with van der Waals surface area (Å²) in [4.78, 5) is 2.97. The lowest BCUT2D eigenvalue weighted by Crippen LogP contribution is -1.96. The van der Waals surface area contributed by atoms with E-state index in [2.05, 4.69) is 10.0 Å². The molecule has 6 heteroatoms. The Morgan fingerprint density at radius 1 is 1.14 bits per heavy atom. The third-order valence-corrected chi connectivity index (χ3v) is 4.76. The van der Waals surface area contributed by atoms with Gasteiger partial charge in [0.15, 0.2) is 0 Å². The number of ether oxygens (including phenoxy) is 1. The summed E-state index contributed by atoms with van der Waals surface area (Å²) in [6, 6.07) is 11.3. The van der Waals surface area contributed by atoms with Crippen molar-refractivity contribution in [3.05, 3.63) is 73.6 Å². The molecule has 0 saturated carbocycles. The van der Waals surface area contributed by atoms with E-state index >= 15 is 0 Å². The minimum absolute atomic E-state index is 0.131. The second-order valence-electron chi connectivity index (χ2n) is 5.18. The molecule has 0 spiro atoms. The fourth-order valence-electron chi connectivity index (χ4n) is 2.98. The monoisotopic (exact) mass is 333 g/mol. The average Bonchev–Trinajstić information content (AvgIpc) is 2.88. The quantitative estimate of drug-likeness (QED) is 0.392. The lowest BCUT2D eigenvalue weighted by molar-refractivity contribution is 0.414. The molecule has 0 amide bonds. The molecule has 112 valence electrons. The predicted octanol–water partition coefficient (Wildman–Crippen LogP) is 5.89. The SMILES string of the molecule is COc1ccc2c(c1)[C@H](N=[N+]=[N-])C[C@H]2c1ccc(Cl)c(Cl)c1.